The van der Waals surface area contributed by atoms with Crippen LogP contribution in [0.4, 0.5) is 14.5 Å². The Hall–Kier alpha value is -1.89. The summed E-state index contributed by atoms with van der Waals surface area (Å²) < 4.78 is 36.7. The summed E-state index contributed by atoms with van der Waals surface area (Å²) in [7, 11) is 0. The van der Waals surface area contributed by atoms with Crippen LogP contribution in [0.1, 0.15) is 44.1 Å². The summed E-state index contributed by atoms with van der Waals surface area (Å²) in [6, 6.07) is 18.6. The second kappa shape index (κ2) is 13.4. The lowest BCUT2D eigenvalue weighted by atomic mass is 10.0. The molecule has 3 aromatic carbocycles. The zero-order chi connectivity index (χ0) is 24.5. The molecule has 35 heavy (non-hydrogen) atoms. The van der Waals surface area contributed by atoms with Gasteiger partial charge < -0.3 is 9.04 Å². The van der Waals surface area contributed by atoms with Crippen LogP contribution in [0.5, 0.6) is 5.75 Å². The average Bonchev–Trinajstić information content (AvgIpc) is 2.88. The molecule has 0 N–H and O–H groups in total. The van der Waals surface area contributed by atoms with Crippen LogP contribution in [0.2, 0.25) is 5.02 Å². The van der Waals surface area contributed by atoms with Gasteiger partial charge >= 0.3 is 0 Å². The highest BCUT2D eigenvalue weighted by Gasteiger charge is 2.18. The highest BCUT2D eigenvalue weighted by molar-refractivity contribution is 8.00. The summed E-state index contributed by atoms with van der Waals surface area (Å²) in [6.07, 6.45) is 7.76. The Balaban J connectivity index is 1.43. The topological polar surface area (TPSA) is 12.5 Å². The Labute approximate surface area is 220 Å². The van der Waals surface area contributed by atoms with E-state index < -0.39 is 11.6 Å². The van der Waals surface area contributed by atoms with E-state index in [9.17, 15) is 8.78 Å². The normalized spacial score (nSPS) is 14.1. The molecule has 1 aliphatic rings. The molecule has 0 aliphatic heterocycles. The largest absolute Gasteiger partial charge is 0.493 e. The zero-order valence-corrected chi connectivity index (χ0v) is 22.0. The first-order valence-electron chi connectivity index (χ1n) is 12.1. The molecule has 0 unspecified atom stereocenters. The van der Waals surface area contributed by atoms with Crippen molar-refractivity contribution in [1.29, 1.82) is 0 Å². The third kappa shape index (κ3) is 8.06. The number of benzene rings is 3. The van der Waals surface area contributed by atoms with Crippen molar-refractivity contribution in [3.63, 3.8) is 0 Å². The van der Waals surface area contributed by atoms with E-state index >= 15 is 0 Å². The lowest BCUT2D eigenvalue weighted by Gasteiger charge is -2.25. The van der Waals surface area contributed by atoms with Gasteiger partial charge in [-0.05, 0) is 79.4 Å². The molecule has 4 rings (SSSR count). The van der Waals surface area contributed by atoms with Crippen LogP contribution < -0.4 is 9.04 Å². The van der Waals surface area contributed by atoms with Crippen molar-refractivity contribution in [2.24, 2.45) is 0 Å². The van der Waals surface area contributed by atoms with E-state index in [4.69, 9.17) is 16.3 Å². The molecule has 0 atom stereocenters. The SMILES string of the molecule is Fc1ccc(F)c(N(Cc2ccccc2OCCCSC2CCCCC2)Sc2ccc(Cl)cc2)c1. The summed E-state index contributed by atoms with van der Waals surface area (Å²) in [6.45, 7) is 0.982. The second-order valence-corrected chi connectivity index (χ2v) is 11.6. The van der Waals surface area contributed by atoms with Crippen LogP contribution in [-0.2, 0) is 6.54 Å². The smallest absolute Gasteiger partial charge is 0.147 e. The number of anilines is 1. The number of hydrogen-bond donors (Lipinski definition) is 0. The van der Waals surface area contributed by atoms with Gasteiger partial charge in [0, 0.05) is 26.8 Å². The molecule has 0 heterocycles. The van der Waals surface area contributed by atoms with E-state index in [1.54, 1.807) is 16.4 Å². The number of rotatable bonds is 11. The molecule has 186 valence electrons. The number of hydrogen-bond acceptors (Lipinski definition) is 4. The molecular formula is C28H30ClF2NOS2. The molecule has 1 aliphatic carbocycles. The minimum absolute atomic E-state index is 0.184. The lowest BCUT2D eigenvalue weighted by molar-refractivity contribution is 0.315. The van der Waals surface area contributed by atoms with Crippen molar-refractivity contribution >= 4 is 41.0 Å². The minimum atomic E-state index is -0.483. The maximum atomic E-state index is 14.8. The first kappa shape index (κ1) is 26.2. The highest BCUT2D eigenvalue weighted by Crippen LogP contribution is 2.35. The van der Waals surface area contributed by atoms with Crippen LogP contribution in [0, 0.1) is 11.6 Å². The third-order valence-electron chi connectivity index (χ3n) is 5.94. The summed E-state index contributed by atoms with van der Waals surface area (Å²) in [4.78, 5) is 0.871. The van der Waals surface area contributed by atoms with E-state index in [1.165, 1.54) is 50.1 Å². The molecule has 0 saturated heterocycles. The first-order valence-corrected chi connectivity index (χ1v) is 14.3. The monoisotopic (exact) mass is 533 g/mol. The van der Waals surface area contributed by atoms with Gasteiger partial charge in [-0.3, -0.25) is 0 Å². The molecule has 0 amide bonds. The maximum absolute atomic E-state index is 14.8. The van der Waals surface area contributed by atoms with Gasteiger partial charge in [0.1, 0.15) is 17.4 Å². The minimum Gasteiger partial charge on any atom is -0.493 e. The van der Waals surface area contributed by atoms with Crippen LogP contribution >= 0.6 is 35.3 Å². The molecule has 1 saturated carbocycles. The van der Waals surface area contributed by atoms with Gasteiger partial charge in [-0.1, -0.05) is 49.1 Å². The van der Waals surface area contributed by atoms with Crippen molar-refractivity contribution in [3.05, 3.63) is 89.0 Å². The van der Waals surface area contributed by atoms with Gasteiger partial charge in [0.15, 0.2) is 0 Å². The summed E-state index contributed by atoms with van der Waals surface area (Å²) in [5.74, 6) is 0.905. The molecule has 2 nitrogen and oxygen atoms in total. The van der Waals surface area contributed by atoms with Crippen LogP contribution in [-0.4, -0.2) is 17.6 Å². The first-order chi connectivity index (χ1) is 17.1. The molecule has 3 aromatic rings. The number of ether oxygens (including phenoxy) is 1. The van der Waals surface area contributed by atoms with Gasteiger partial charge in [-0.15, -0.1) is 0 Å². The number of para-hydroxylation sites is 1. The fraction of sp³-hybridized carbons (Fsp3) is 0.357. The highest BCUT2D eigenvalue weighted by atomic mass is 35.5. The van der Waals surface area contributed by atoms with E-state index in [0.717, 1.165) is 45.8 Å². The van der Waals surface area contributed by atoms with E-state index in [2.05, 4.69) is 11.8 Å². The maximum Gasteiger partial charge on any atom is 0.147 e. The van der Waals surface area contributed by atoms with Crippen molar-refractivity contribution < 1.29 is 13.5 Å². The fourth-order valence-corrected chi connectivity index (χ4v) is 6.48. The average molecular weight is 534 g/mol. The van der Waals surface area contributed by atoms with Crippen molar-refractivity contribution in [1.82, 2.24) is 0 Å². The van der Waals surface area contributed by atoms with Crippen LogP contribution in [0.15, 0.2) is 71.6 Å². The van der Waals surface area contributed by atoms with Gasteiger partial charge in [-0.25, -0.2) is 8.78 Å². The van der Waals surface area contributed by atoms with Crippen LogP contribution in [0.25, 0.3) is 0 Å². The van der Waals surface area contributed by atoms with E-state index in [-0.39, 0.29) is 5.69 Å². The second-order valence-electron chi connectivity index (χ2n) is 8.62. The Morgan fingerprint density at radius 3 is 2.51 bits per heavy atom. The van der Waals surface area contributed by atoms with E-state index in [1.807, 2.05) is 36.4 Å². The van der Waals surface area contributed by atoms with Gasteiger partial charge in [0.2, 0.25) is 0 Å². The Kier molecular flexibility index (Phi) is 10.0. The van der Waals surface area contributed by atoms with Crippen LogP contribution in [0.3, 0.4) is 0 Å². The fourth-order valence-electron chi connectivity index (χ4n) is 4.12. The molecule has 1 fully saturated rings. The third-order valence-corrected chi connectivity index (χ3v) is 8.69. The summed E-state index contributed by atoms with van der Waals surface area (Å²) >= 11 is 9.43. The predicted molar refractivity (Wildman–Crippen MR) is 146 cm³/mol. The number of nitrogens with zero attached hydrogens (tertiary/aromatic N) is 1. The molecule has 0 bridgehead atoms. The number of halogens is 3. The molecular weight excluding hydrogens is 504 g/mol. The van der Waals surface area contributed by atoms with E-state index in [0.29, 0.717) is 18.2 Å². The van der Waals surface area contributed by atoms with Crippen molar-refractivity contribution in [2.75, 3.05) is 16.7 Å². The summed E-state index contributed by atoms with van der Waals surface area (Å²) in [5, 5.41) is 1.42. The Morgan fingerprint density at radius 1 is 0.943 bits per heavy atom. The Bertz CT molecular complexity index is 1080. The van der Waals surface area contributed by atoms with Crippen molar-refractivity contribution in [3.8, 4) is 5.75 Å². The quantitative estimate of drug-likeness (QED) is 0.180. The van der Waals surface area contributed by atoms with Crippen molar-refractivity contribution in [2.45, 2.75) is 55.2 Å². The lowest BCUT2D eigenvalue weighted by Crippen LogP contribution is -2.16. The predicted octanol–water partition coefficient (Wildman–Crippen LogP) is 9.17. The molecule has 0 aromatic heterocycles. The van der Waals surface area contributed by atoms with Gasteiger partial charge in [-0.2, -0.15) is 11.8 Å². The molecule has 0 radical (unpaired) electrons. The Morgan fingerprint density at radius 2 is 1.71 bits per heavy atom. The van der Waals surface area contributed by atoms with Gasteiger partial charge in [0.25, 0.3) is 0 Å². The molecule has 7 heteroatoms. The summed E-state index contributed by atoms with van der Waals surface area (Å²) in [5.41, 5.74) is 1.10. The standard InChI is InChI=1S/C28H30ClF2NOS2/c29-22-11-14-25(15-12-22)35-32(27-19-23(30)13-16-26(27)31)20-21-7-4-5-10-28(21)33-17-6-18-34-24-8-2-1-3-9-24/h4-5,7,10-16,19,24H,1-3,6,8-9,17-18,20H2. The number of thioether (sulfide) groups is 1. The van der Waals surface area contributed by atoms with Gasteiger partial charge in [0.05, 0.1) is 18.8 Å². The molecule has 0 spiro atoms. The zero-order valence-electron chi connectivity index (χ0n) is 19.6.